The molecule has 1 aromatic carbocycles. The van der Waals surface area contributed by atoms with Crippen LogP contribution in [0.1, 0.15) is 30.1 Å². The molecule has 2 aromatic rings. The van der Waals surface area contributed by atoms with E-state index >= 15 is 0 Å². The maximum atomic E-state index is 13.5. The Hall–Kier alpha value is -1.49. The summed E-state index contributed by atoms with van der Waals surface area (Å²) in [6, 6.07) is 6.46. The molecule has 0 radical (unpaired) electrons. The molecule has 3 rings (SSSR count). The first kappa shape index (κ1) is 12.5. The van der Waals surface area contributed by atoms with Gasteiger partial charge in [-0.1, -0.05) is 6.07 Å². The minimum Gasteiger partial charge on any atom is -0.439 e. The van der Waals surface area contributed by atoms with Gasteiger partial charge >= 0.3 is 0 Å². The van der Waals surface area contributed by atoms with Crippen LogP contribution in [0.25, 0.3) is 0 Å². The van der Waals surface area contributed by atoms with E-state index in [1.165, 1.54) is 6.07 Å². The van der Waals surface area contributed by atoms with Crippen molar-refractivity contribution in [2.24, 2.45) is 0 Å². The molecule has 5 heteroatoms. The quantitative estimate of drug-likeness (QED) is 0.788. The molecular formula is C14H12BrFN2O. The first-order valence-corrected chi connectivity index (χ1v) is 6.89. The van der Waals surface area contributed by atoms with E-state index in [0.717, 1.165) is 18.7 Å². The fourth-order valence-corrected chi connectivity index (χ4v) is 2.13. The molecule has 0 aliphatic heterocycles. The number of rotatable bonds is 3. The van der Waals surface area contributed by atoms with Crippen LogP contribution in [0.4, 0.5) is 4.39 Å². The third-order valence-corrected chi connectivity index (χ3v) is 3.40. The van der Waals surface area contributed by atoms with E-state index in [2.05, 4.69) is 25.9 Å². The molecule has 0 N–H and O–H groups in total. The Kier molecular flexibility index (Phi) is 3.22. The lowest BCUT2D eigenvalue weighted by atomic mass is 10.2. The maximum Gasteiger partial charge on any atom is 0.223 e. The summed E-state index contributed by atoms with van der Waals surface area (Å²) in [6.45, 7) is 1.71. The highest BCUT2D eigenvalue weighted by Gasteiger charge is 2.27. The summed E-state index contributed by atoms with van der Waals surface area (Å²) in [5.41, 5.74) is 0.592. The second-order valence-electron chi connectivity index (χ2n) is 4.67. The number of halogens is 2. The summed E-state index contributed by atoms with van der Waals surface area (Å²) in [5.74, 6) is 1.82. The molecule has 0 saturated heterocycles. The highest BCUT2D eigenvalue weighted by Crippen LogP contribution is 2.39. The van der Waals surface area contributed by atoms with Crippen molar-refractivity contribution >= 4 is 15.9 Å². The number of ether oxygens (including phenoxy) is 1. The topological polar surface area (TPSA) is 35.0 Å². The number of aromatic nitrogens is 2. The van der Waals surface area contributed by atoms with Gasteiger partial charge in [-0.2, -0.15) is 4.98 Å². The maximum absolute atomic E-state index is 13.5. The molecule has 1 saturated carbocycles. The molecule has 1 aromatic heterocycles. The Morgan fingerprint density at radius 3 is 2.74 bits per heavy atom. The third kappa shape index (κ3) is 2.92. The zero-order valence-electron chi connectivity index (χ0n) is 10.4. The second-order valence-corrected chi connectivity index (χ2v) is 5.49. The molecule has 1 aliphatic rings. The van der Waals surface area contributed by atoms with E-state index in [4.69, 9.17) is 4.74 Å². The molecule has 0 unspecified atom stereocenters. The molecule has 0 spiro atoms. The van der Waals surface area contributed by atoms with Gasteiger partial charge in [0.15, 0.2) is 0 Å². The standard InChI is InChI=1S/C14H12BrFN2O/c1-8-2-5-10(6-11(8)16)19-13-7-12(15)17-14(18-13)9-3-4-9/h2,5-7,9H,3-4H2,1H3. The predicted molar refractivity (Wildman–Crippen MR) is 72.9 cm³/mol. The van der Waals surface area contributed by atoms with E-state index < -0.39 is 0 Å². The fourth-order valence-electron chi connectivity index (χ4n) is 1.75. The monoisotopic (exact) mass is 322 g/mol. The Balaban J connectivity index is 1.87. The molecule has 1 aliphatic carbocycles. The van der Waals surface area contributed by atoms with Crippen molar-refractivity contribution in [3.63, 3.8) is 0 Å². The van der Waals surface area contributed by atoms with Crippen LogP contribution in [0.2, 0.25) is 0 Å². The number of hydrogen-bond acceptors (Lipinski definition) is 3. The van der Waals surface area contributed by atoms with E-state index in [1.807, 2.05) is 0 Å². The summed E-state index contributed by atoms with van der Waals surface area (Å²) in [5, 5.41) is 0. The fraction of sp³-hybridized carbons (Fsp3) is 0.286. The number of benzene rings is 1. The molecule has 0 atom stereocenters. The van der Waals surface area contributed by atoms with Gasteiger partial charge in [0.1, 0.15) is 22.0 Å². The van der Waals surface area contributed by atoms with Gasteiger partial charge in [0.2, 0.25) is 5.88 Å². The van der Waals surface area contributed by atoms with Crippen molar-refractivity contribution in [3.05, 3.63) is 46.1 Å². The summed E-state index contributed by atoms with van der Waals surface area (Å²) < 4.78 is 19.7. The summed E-state index contributed by atoms with van der Waals surface area (Å²) in [4.78, 5) is 8.68. The summed E-state index contributed by atoms with van der Waals surface area (Å²) in [6.07, 6.45) is 2.24. The number of aryl methyl sites for hydroxylation is 1. The molecule has 0 bridgehead atoms. The van der Waals surface area contributed by atoms with Gasteiger partial charge in [0.25, 0.3) is 0 Å². The largest absolute Gasteiger partial charge is 0.439 e. The molecular weight excluding hydrogens is 311 g/mol. The second kappa shape index (κ2) is 4.89. The zero-order valence-corrected chi connectivity index (χ0v) is 11.9. The van der Waals surface area contributed by atoms with Gasteiger partial charge in [0, 0.05) is 18.1 Å². The van der Waals surface area contributed by atoms with E-state index in [-0.39, 0.29) is 5.82 Å². The lowest BCUT2D eigenvalue weighted by Crippen LogP contribution is -1.97. The van der Waals surface area contributed by atoms with E-state index in [1.54, 1.807) is 25.1 Å². The van der Waals surface area contributed by atoms with Crippen molar-refractivity contribution in [3.8, 4) is 11.6 Å². The molecule has 19 heavy (non-hydrogen) atoms. The highest BCUT2D eigenvalue weighted by molar-refractivity contribution is 9.10. The third-order valence-electron chi connectivity index (χ3n) is 3.00. The van der Waals surface area contributed by atoms with Crippen molar-refractivity contribution in [2.45, 2.75) is 25.7 Å². The van der Waals surface area contributed by atoms with Gasteiger partial charge in [-0.05, 0) is 47.3 Å². The van der Waals surface area contributed by atoms with Crippen LogP contribution in [0, 0.1) is 12.7 Å². The molecule has 98 valence electrons. The van der Waals surface area contributed by atoms with Crippen LogP contribution in [0.5, 0.6) is 11.6 Å². The van der Waals surface area contributed by atoms with Crippen molar-refractivity contribution in [1.82, 2.24) is 9.97 Å². The van der Waals surface area contributed by atoms with Crippen LogP contribution in [-0.4, -0.2) is 9.97 Å². The predicted octanol–water partition coefficient (Wildman–Crippen LogP) is 4.36. The van der Waals surface area contributed by atoms with Gasteiger partial charge in [-0.15, -0.1) is 0 Å². The van der Waals surface area contributed by atoms with Gasteiger partial charge in [-0.3, -0.25) is 0 Å². The normalized spacial score (nSPS) is 14.5. The highest BCUT2D eigenvalue weighted by atomic mass is 79.9. The Morgan fingerprint density at radius 2 is 2.05 bits per heavy atom. The van der Waals surface area contributed by atoms with Crippen LogP contribution < -0.4 is 4.74 Å². The molecule has 3 nitrogen and oxygen atoms in total. The van der Waals surface area contributed by atoms with Crippen LogP contribution in [-0.2, 0) is 0 Å². The van der Waals surface area contributed by atoms with Gasteiger partial charge < -0.3 is 4.74 Å². The van der Waals surface area contributed by atoms with Crippen LogP contribution in [0.3, 0.4) is 0 Å². The average molecular weight is 323 g/mol. The summed E-state index contributed by atoms with van der Waals surface area (Å²) >= 11 is 3.34. The van der Waals surface area contributed by atoms with E-state index in [0.29, 0.717) is 27.7 Å². The SMILES string of the molecule is Cc1ccc(Oc2cc(Br)nc(C3CC3)n2)cc1F. The Labute approximate surface area is 119 Å². The minimum absolute atomic E-state index is 0.284. The zero-order chi connectivity index (χ0) is 13.4. The van der Waals surface area contributed by atoms with Crippen LogP contribution in [0.15, 0.2) is 28.9 Å². The summed E-state index contributed by atoms with van der Waals surface area (Å²) in [7, 11) is 0. The molecule has 1 fully saturated rings. The lowest BCUT2D eigenvalue weighted by Gasteiger charge is -2.07. The van der Waals surface area contributed by atoms with Crippen molar-refractivity contribution in [2.75, 3.05) is 0 Å². The average Bonchev–Trinajstić information content (AvgIpc) is 3.17. The Bertz CT molecular complexity index is 629. The smallest absolute Gasteiger partial charge is 0.223 e. The Morgan fingerprint density at radius 1 is 1.26 bits per heavy atom. The van der Waals surface area contributed by atoms with Gasteiger partial charge in [-0.25, -0.2) is 9.37 Å². The number of nitrogens with zero attached hydrogens (tertiary/aromatic N) is 2. The molecule has 1 heterocycles. The van der Waals surface area contributed by atoms with Crippen molar-refractivity contribution in [1.29, 1.82) is 0 Å². The van der Waals surface area contributed by atoms with Crippen molar-refractivity contribution < 1.29 is 9.13 Å². The number of hydrogen-bond donors (Lipinski definition) is 0. The minimum atomic E-state index is -0.284. The molecule has 0 amide bonds. The first-order chi connectivity index (χ1) is 9.11. The van der Waals surface area contributed by atoms with Crippen LogP contribution >= 0.6 is 15.9 Å². The first-order valence-electron chi connectivity index (χ1n) is 6.10. The van der Waals surface area contributed by atoms with Gasteiger partial charge in [0.05, 0.1) is 0 Å². The van der Waals surface area contributed by atoms with E-state index in [9.17, 15) is 4.39 Å². The lowest BCUT2D eigenvalue weighted by molar-refractivity contribution is 0.452.